The van der Waals surface area contributed by atoms with Crippen molar-refractivity contribution in [2.45, 2.75) is 58.5 Å². The first-order valence-corrected chi connectivity index (χ1v) is 8.63. The van der Waals surface area contributed by atoms with Crippen LogP contribution in [-0.2, 0) is 10.0 Å². The lowest BCUT2D eigenvalue weighted by atomic mass is 10.0. The van der Waals surface area contributed by atoms with Crippen LogP contribution < -0.4 is 5.32 Å². The smallest absolute Gasteiger partial charge is 0.214 e. The van der Waals surface area contributed by atoms with Crippen molar-refractivity contribution >= 4 is 10.0 Å². The van der Waals surface area contributed by atoms with Crippen molar-refractivity contribution in [3.05, 3.63) is 0 Å². The van der Waals surface area contributed by atoms with Gasteiger partial charge in [-0.15, -0.1) is 0 Å². The first-order valence-electron chi connectivity index (χ1n) is 7.02. The van der Waals surface area contributed by atoms with E-state index in [1.807, 2.05) is 20.8 Å². The molecule has 2 aliphatic rings. The lowest BCUT2D eigenvalue weighted by Gasteiger charge is -2.31. The fraction of sp³-hybridized carbons (Fsp3) is 1.00. The average Bonchev–Trinajstić information content (AvgIpc) is 2.85. The van der Waals surface area contributed by atoms with Crippen molar-refractivity contribution < 1.29 is 8.42 Å². The minimum absolute atomic E-state index is 0.172. The van der Waals surface area contributed by atoms with Crippen LogP contribution >= 0.6 is 0 Å². The second-order valence-corrected chi connectivity index (χ2v) is 8.76. The Bertz CT molecular complexity index is 380. The van der Waals surface area contributed by atoms with Crippen LogP contribution in [0.3, 0.4) is 0 Å². The molecule has 2 aliphatic heterocycles. The van der Waals surface area contributed by atoms with Crippen molar-refractivity contribution in [2.75, 3.05) is 18.8 Å². The van der Waals surface area contributed by atoms with Gasteiger partial charge in [-0.2, -0.15) is 4.31 Å². The maximum Gasteiger partial charge on any atom is 0.214 e. The molecule has 0 spiro atoms. The Morgan fingerprint density at radius 1 is 1.22 bits per heavy atom. The van der Waals surface area contributed by atoms with Crippen molar-refractivity contribution in [3.8, 4) is 0 Å². The molecule has 0 aliphatic carbocycles. The second-order valence-electron chi connectivity index (χ2n) is 6.84. The predicted octanol–water partition coefficient (Wildman–Crippen LogP) is 1.58. The van der Waals surface area contributed by atoms with Gasteiger partial charge >= 0.3 is 0 Å². The summed E-state index contributed by atoms with van der Waals surface area (Å²) < 4.78 is 26.8. The third-order valence-electron chi connectivity index (χ3n) is 3.78. The van der Waals surface area contributed by atoms with Gasteiger partial charge in [-0.3, -0.25) is 0 Å². The van der Waals surface area contributed by atoms with Crippen LogP contribution in [0.15, 0.2) is 0 Å². The van der Waals surface area contributed by atoms with Crippen LogP contribution in [-0.4, -0.2) is 43.6 Å². The molecule has 0 aromatic carbocycles. The monoisotopic (exact) mass is 274 g/mol. The Balaban J connectivity index is 2.10. The topological polar surface area (TPSA) is 49.4 Å². The van der Waals surface area contributed by atoms with E-state index in [1.54, 1.807) is 4.31 Å². The summed E-state index contributed by atoms with van der Waals surface area (Å²) in [5, 5.41) is 3.46. The van der Waals surface area contributed by atoms with Crippen molar-refractivity contribution in [1.29, 1.82) is 0 Å². The molecule has 5 heteroatoms. The summed E-state index contributed by atoms with van der Waals surface area (Å²) in [5.74, 6) is 0.253. The molecule has 0 radical (unpaired) electrons. The summed E-state index contributed by atoms with van der Waals surface area (Å²) in [6, 6.07) is 0.571. The first-order chi connectivity index (χ1) is 8.30. The van der Waals surface area contributed by atoms with Gasteiger partial charge in [0, 0.05) is 18.6 Å². The molecule has 0 amide bonds. The summed E-state index contributed by atoms with van der Waals surface area (Å²) in [5.41, 5.74) is -0.172. The molecular weight excluding hydrogens is 248 g/mol. The van der Waals surface area contributed by atoms with E-state index in [2.05, 4.69) is 5.32 Å². The number of sulfonamides is 1. The van der Waals surface area contributed by atoms with Crippen LogP contribution in [0, 0.1) is 5.41 Å². The summed E-state index contributed by atoms with van der Waals surface area (Å²) in [7, 11) is -3.11. The van der Waals surface area contributed by atoms with E-state index in [9.17, 15) is 8.42 Å². The van der Waals surface area contributed by atoms with Gasteiger partial charge in [0.05, 0.1) is 5.75 Å². The number of nitrogens with one attached hydrogen (secondary N) is 1. The molecule has 2 unspecified atom stereocenters. The molecule has 1 N–H and O–H groups in total. The molecule has 18 heavy (non-hydrogen) atoms. The van der Waals surface area contributed by atoms with Gasteiger partial charge < -0.3 is 5.32 Å². The predicted molar refractivity (Wildman–Crippen MR) is 74.0 cm³/mol. The number of nitrogens with zero attached hydrogens (tertiary/aromatic N) is 1. The van der Waals surface area contributed by atoms with Crippen molar-refractivity contribution in [3.63, 3.8) is 0 Å². The van der Waals surface area contributed by atoms with E-state index < -0.39 is 10.0 Å². The van der Waals surface area contributed by atoms with E-state index in [0.29, 0.717) is 12.6 Å². The highest BCUT2D eigenvalue weighted by Gasteiger charge is 2.40. The second kappa shape index (κ2) is 5.10. The Hall–Kier alpha value is -0.130. The highest BCUT2D eigenvalue weighted by molar-refractivity contribution is 7.89. The first kappa shape index (κ1) is 14.3. The summed E-state index contributed by atoms with van der Waals surface area (Å²) in [6.07, 6.45) is 4.31. The minimum atomic E-state index is -3.11. The van der Waals surface area contributed by atoms with E-state index in [4.69, 9.17) is 0 Å². The van der Waals surface area contributed by atoms with Gasteiger partial charge in [-0.25, -0.2) is 8.42 Å². The Kier molecular flexibility index (Phi) is 4.04. The SMILES string of the molecule is CC(C)(C)CS(=O)(=O)N1CCCC1C1CCCN1. The van der Waals surface area contributed by atoms with Gasteiger partial charge in [-0.05, 0) is 37.6 Å². The van der Waals surface area contributed by atoms with Crippen LogP contribution in [0.1, 0.15) is 46.5 Å². The van der Waals surface area contributed by atoms with Crippen LogP contribution in [0.2, 0.25) is 0 Å². The average molecular weight is 274 g/mol. The Morgan fingerprint density at radius 3 is 2.50 bits per heavy atom. The molecule has 2 heterocycles. The Morgan fingerprint density at radius 2 is 1.94 bits per heavy atom. The van der Waals surface area contributed by atoms with Crippen LogP contribution in [0.5, 0.6) is 0 Å². The molecule has 0 bridgehead atoms. The third-order valence-corrected chi connectivity index (χ3v) is 6.18. The van der Waals surface area contributed by atoms with Crippen LogP contribution in [0.25, 0.3) is 0 Å². The normalized spacial score (nSPS) is 31.1. The quantitative estimate of drug-likeness (QED) is 0.850. The molecule has 4 nitrogen and oxygen atoms in total. The zero-order valence-corrected chi connectivity index (χ0v) is 12.6. The molecule has 0 saturated carbocycles. The standard InChI is InChI=1S/C13H26N2O2S/c1-13(2,3)10-18(16,17)15-9-5-7-12(15)11-6-4-8-14-11/h11-12,14H,4-10H2,1-3H3. The number of hydrogen-bond acceptors (Lipinski definition) is 3. The maximum atomic E-state index is 12.5. The fourth-order valence-electron chi connectivity index (χ4n) is 3.18. The van der Waals surface area contributed by atoms with E-state index in [-0.39, 0.29) is 17.2 Å². The van der Waals surface area contributed by atoms with Gasteiger partial charge in [0.25, 0.3) is 0 Å². The molecule has 2 saturated heterocycles. The zero-order chi connectivity index (χ0) is 13.4. The summed E-state index contributed by atoms with van der Waals surface area (Å²) in [6.45, 7) is 7.71. The van der Waals surface area contributed by atoms with Crippen molar-refractivity contribution in [1.82, 2.24) is 9.62 Å². The zero-order valence-electron chi connectivity index (χ0n) is 11.8. The van der Waals surface area contributed by atoms with Gasteiger partial charge in [0.15, 0.2) is 0 Å². The molecular formula is C13H26N2O2S. The maximum absolute atomic E-state index is 12.5. The number of hydrogen-bond donors (Lipinski definition) is 1. The van der Waals surface area contributed by atoms with Crippen molar-refractivity contribution in [2.24, 2.45) is 5.41 Å². The van der Waals surface area contributed by atoms with E-state index in [1.165, 1.54) is 6.42 Å². The van der Waals surface area contributed by atoms with E-state index >= 15 is 0 Å². The molecule has 106 valence electrons. The minimum Gasteiger partial charge on any atom is -0.312 e. The molecule has 0 aromatic rings. The molecule has 0 aromatic heterocycles. The molecule has 2 fully saturated rings. The fourth-order valence-corrected chi connectivity index (χ4v) is 5.52. The van der Waals surface area contributed by atoms with E-state index in [0.717, 1.165) is 25.8 Å². The lowest BCUT2D eigenvalue weighted by Crippen LogP contribution is -2.48. The molecule has 2 atom stereocenters. The third kappa shape index (κ3) is 3.25. The largest absolute Gasteiger partial charge is 0.312 e. The highest BCUT2D eigenvalue weighted by Crippen LogP contribution is 2.29. The molecule has 2 rings (SSSR count). The van der Waals surface area contributed by atoms with Gasteiger partial charge in [0.1, 0.15) is 0 Å². The summed E-state index contributed by atoms with van der Waals surface area (Å²) in [4.78, 5) is 0. The summed E-state index contributed by atoms with van der Waals surface area (Å²) >= 11 is 0. The highest BCUT2D eigenvalue weighted by atomic mass is 32.2. The lowest BCUT2D eigenvalue weighted by molar-refractivity contribution is 0.315. The van der Waals surface area contributed by atoms with Gasteiger partial charge in [-0.1, -0.05) is 20.8 Å². The van der Waals surface area contributed by atoms with Gasteiger partial charge in [0.2, 0.25) is 10.0 Å². The Labute approximate surface area is 111 Å². The number of rotatable bonds is 3. The van der Waals surface area contributed by atoms with Crippen LogP contribution in [0.4, 0.5) is 0 Å².